The summed E-state index contributed by atoms with van der Waals surface area (Å²) in [6, 6.07) is 115. The van der Waals surface area contributed by atoms with Crippen LogP contribution in [0.25, 0.3) is 161 Å². The van der Waals surface area contributed by atoms with Gasteiger partial charge in [0.25, 0.3) is 0 Å². The summed E-state index contributed by atoms with van der Waals surface area (Å²) < 4.78 is 9.07. The van der Waals surface area contributed by atoms with E-state index in [4.69, 9.17) is 9.40 Å². The van der Waals surface area contributed by atoms with E-state index in [-0.39, 0.29) is 0 Å². The summed E-state index contributed by atoms with van der Waals surface area (Å²) in [5.74, 6) is 0.652. The largest absolute Gasteiger partial charge is 0.456 e. The van der Waals surface area contributed by atoms with Crippen molar-refractivity contribution in [2.75, 3.05) is 0 Å². The van der Waals surface area contributed by atoms with Gasteiger partial charge in [-0.15, -0.1) is 0 Å². The minimum absolute atomic E-state index is 0.548. The first-order chi connectivity index (χ1) is 44.6. The van der Waals surface area contributed by atoms with Gasteiger partial charge in [0.2, 0.25) is 0 Å². The third kappa shape index (κ3) is 8.88. The van der Waals surface area contributed by atoms with Crippen molar-refractivity contribution in [2.24, 2.45) is 0 Å². The minimum atomic E-state index is 0.548. The molecule has 0 bridgehead atoms. The molecule has 90 heavy (non-hydrogen) atoms. The Kier molecular flexibility index (Phi) is 13.2. The predicted octanol–water partition coefficient (Wildman–Crippen LogP) is 22.5. The second kappa shape index (κ2) is 22.5. The van der Waals surface area contributed by atoms with Crippen LogP contribution in [0.4, 0.5) is 0 Å². The molecular weight excluding hydrogens is 1090 g/mol. The Labute approximate surface area is 521 Å². The van der Waals surface area contributed by atoms with Gasteiger partial charge in [0.05, 0.1) is 27.9 Å². The van der Waals surface area contributed by atoms with Crippen molar-refractivity contribution < 1.29 is 4.42 Å². The number of nitriles is 2. The number of furan rings is 1. The predicted molar refractivity (Wildman–Crippen MR) is 370 cm³/mol. The molecule has 16 rings (SSSR count). The molecule has 3 heterocycles. The van der Waals surface area contributed by atoms with Crippen molar-refractivity contribution in [1.29, 1.82) is 10.5 Å². The van der Waals surface area contributed by atoms with Gasteiger partial charge in [-0.1, -0.05) is 279 Å². The summed E-state index contributed by atoms with van der Waals surface area (Å²) in [5, 5.41) is 28.3. The lowest BCUT2D eigenvalue weighted by Crippen LogP contribution is -2.06. The molecule has 418 valence electrons. The van der Waals surface area contributed by atoms with Crippen LogP contribution in [-0.4, -0.2) is 9.55 Å². The van der Waals surface area contributed by atoms with Crippen molar-refractivity contribution in [3.8, 4) is 129 Å². The summed E-state index contributed by atoms with van der Waals surface area (Å²) in [4.78, 5) is 6.19. The van der Waals surface area contributed by atoms with Gasteiger partial charge in [-0.3, -0.25) is 4.57 Å². The van der Waals surface area contributed by atoms with Gasteiger partial charge >= 0.3 is 0 Å². The van der Waals surface area contributed by atoms with Crippen LogP contribution in [0.5, 0.6) is 0 Å². The Bertz CT molecular complexity index is 5040. The van der Waals surface area contributed by atoms with Crippen LogP contribution < -0.4 is 0 Å². The van der Waals surface area contributed by atoms with Crippen molar-refractivity contribution >= 4 is 43.7 Å². The maximum atomic E-state index is 12.1. The fourth-order valence-corrected chi connectivity index (χ4v) is 13.8. The first-order valence-corrected chi connectivity index (χ1v) is 30.2. The van der Waals surface area contributed by atoms with E-state index in [1.807, 2.05) is 84.9 Å². The number of aromatic nitrogens is 2. The van der Waals surface area contributed by atoms with Gasteiger partial charge in [-0.25, -0.2) is 4.98 Å². The lowest BCUT2D eigenvalue weighted by atomic mass is 9.75. The number of para-hydroxylation sites is 2. The Morgan fingerprint density at radius 1 is 0.256 bits per heavy atom. The van der Waals surface area contributed by atoms with E-state index in [1.54, 1.807) is 0 Å². The molecule has 0 aliphatic rings. The first-order valence-electron chi connectivity index (χ1n) is 30.2. The molecule has 0 unspecified atom stereocenters. The summed E-state index contributed by atoms with van der Waals surface area (Å²) in [6.07, 6.45) is 0. The Morgan fingerprint density at radius 3 is 0.989 bits per heavy atom. The molecule has 0 atom stereocenters. The minimum Gasteiger partial charge on any atom is -0.456 e. The molecule has 16 aromatic rings. The van der Waals surface area contributed by atoms with Gasteiger partial charge in [0.15, 0.2) is 0 Å². The topological polar surface area (TPSA) is 78.5 Å². The fraction of sp³-hybridized carbons (Fsp3) is 0. The highest BCUT2D eigenvalue weighted by atomic mass is 16.3. The molecule has 0 fully saturated rings. The highest BCUT2D eigenvalue weighted by molar-refractivity contribution is 6.18. The third-order valence-corrected chi connectivity index (χ3v) is 17.5. The molecule has 0 aliphatic heterocycles. The van der Waals surface area contributed by atoms with Crippen LogP contribution in [0.2, 0.25) is 0 Å². The summed E-state index contributed by atoms with van der Waals surface area (Å²) in [7, 11) is 0. The van der Waals surface area contributed by atoms with Crippen LogP contribution in [0.1, 0.15) is 11.1 Å². The SMILES string of the molecule is N#Cc1c(-c2ccccc2)c(-c2ccccc2)c(-c2cc(-c3c(-c4ccccc4)c(-c4ccccc4)c(C#N)c(-c4ccccc4)c3-c3ccccc3)nc(-n3c4ccccc4c4cc5c(cc43)oc3ccccc35)c2)c(-c2ccccc2)c1-c1ccccc1. The standard InChI is InChI=1S/C85H52N4O/c86-53-68-76(55-29-9-1-10-30-55)80(59-37-17-5-18-38-59)84(81(60-39-19-6-20-40-60)77(68)56-31-11-2-12-32-56)63-49-70(88-75(50-63)89-71-47-27-25-45-64(71)66-51-67-65-46-26-28-48-73(65)90-74(67)52-72(66)89)85-82(61-41-21-7-22-42-61)78(57-33-13-3-14-34-57)69(54-87)79(58-35-15-4-16-36-58)83(85)62-43-23-8-24-44-62/h1-52H. The quantitative estimate of drug-likeness (QED) is 0.129. The van der Waals surface area contributed by atoms with E-state index >= 15 is 0 Å². The van der Waals surface area contributed by atoms with Crippen molar-refractivity contribution in [3.05, 3.63) is 327 Å². The number of nitrogens with zero attached hydrogens (tertiary/aromatic N) is 4. The van der Waals surface area contributed by atoms with Crippen LogP contribution in [0.3, 0.4) is 0 Å². The van der Waals surface area contributed by atoms with Gasteiger partial charge in [0, 0.05) is 66.6 Å². The molecule has 5 nitrogen and oxygen atoms in total. The molecule has 0 N–H and O–H groups in total. The van der Waals surface area contributed by atoms with Crippen LogP contribution in [0, 0.1) is 22.7 Å². The molecule has 0 saturated heterocycles. The van der Waals surface area contributed by atoms with E-state index in [9.17, 15) is 10.5 Å². The monoisotopic (exact) mass is 1140 g/mol. The zero-order valence-electron chi connectivity index (χ0n) is 48.7. The summed E-state index contributed by atoms with van der Waals surface area (Å²) in [5.41, 5.74) is 21.9. The molecule has 0 amide bonds. The lowest BCUT2D eigenvalue weighted by Gasteiger charge is -2.28. The number of rotatable bonds is 11. The molecular formula is C85H52N4O. The number of hydrogen-bond acceptors (Lipinski definition) is 4. The second-order valence-electron chi connectivity index (χ2n) is 22.6. The smallest absolute Gasteiger partial charge is 0.138 e. The first kappa shape index (κ1) is 53.1. The summed E-state index contributed by atoms with van der Waals surface area (Å²) in [6.45, 7) is 0. The van der Waals surface area contributed by atoms with Crippen molar-refractivity contribution in [1.82, 2.24) is 9.55 Å². The average molecular weight is 1150 g/mol. The Morgan fingerprint density at radius 2 is 0.589 bits per heavy atom. The van der Waals surface area contributed by atoms with Crippen molar-refractivity contribution in [3.63, 3.8) is 0 Å². The van der Waals surface area contributed by atoms with Crippen molar-refractivity contribution in [2.45, 2.75) is 0 Å². The van der Waals surface area contributed by atoms with Crippen LogP contribution in [0.15, 0.2) is 320 Å². The highest BCUT2D eigenvalue weighted by Crippen LogP contribution is 2.56. The number of fused-ring (bicyclic) bond motifs is 6. The molecule has 0 aliphatic carbocycles. The molecule has 5 heteroatoms. The third-order valence-electron chi connectivity index (χ3n) is 17.5. The molecule has 0 spiro atoms. The van der Waals surface area contributed by atoms with E-state index in [1.165, 1.54) is 0 Å². The molecule has 3 aromatic heterocycles. The van der Waals surface area contributed by atoms with E-state index < -0.39 is 0 Å². The number of pyridine rings is 1. The number of benzene rings is 13. The lowest BCUT2D eigenvalue weighted by molar-refractivity contribution is 0.669. The van der Waals surface area contributed by atoms with E-state index in [0.29, 0.717) is 22.6 Å². The molecule has 0 radical (unpaired) electrons. The van der Waals surface area contributed by atoms with Gasteiger partial charge < -0.3 is 4.42 Å². The Balaban J connectivity index is 1.18. The van der Waals surface area contributed by atoms with Gasteiger partial charge in [0.1, 0.15) is 29.1 Å². The average Bonchev–Trinajstić information content (AvgIpc) is 0.988. The van der Waals surface area contributed by atoms with Gasteiger partial charge in [-0.2, -0.15) is 10.5 Å². The zero-order chi connectivity index (χ0) is 60.1. The maximum absolute atomic E-state index is 12.1. The van der Waals surface area contributed by atoms with Gasteiger partial charge in [-0.05, 0) is 97.1 Å². The maximum Gasteiger partial charge on any atom is 0.138 e. The zero-order valence-corrected chi connectivity index (χ0v) is 48.7. The highest BCUT2D eigenvalue weighted by Gasteiger charge is 2.33. The van der Waals surface area contributed by atoms with E-state index in [0.717, 1.165) is 149 Å². The van der Waals surface area contributed by atoms with E-state index in [2.05, 4.69) is 247 Å². The number of hydrogen-bond donors (Lipinski definition) is 0. The second-order valence-corrected chi connectivity index (χ2v) is 22.6. The normalized spacial score (nSPS) is 11.3. The van der Waals surface area contributed by atoms with Crippen LogP contribution in [-0.2, 0) is 0 Å². The summed E-state index contributed by atoms with van der Waals surface area (Å²) >= 11 is 0. The Hall–Kier alpha value is -12.4. The molecule has 13 aromatic carbocycles. The van der Waals surface area contributed by atoms with Crippen LogP contribution >= 0.6 is 0 Å². The fourth-order valence-electron chi connectivity index (χ4n) is 13.8. The molecule has 0 saturated carbocycles.